The average molecular weight is 247 g/mol. The summed E-state index contributed by atoms with van der Waals surface area (Å²) < 4.78 is 5.75. The van der Waals surface area contributed by atoms with Gasteiger partial charge in [0.2, 0.25) is 0 Å². The van der Waals surface area contributed by atoms with Gasteiger partial charge in [-0.3, -0.25) is 10.3 Å². The smallest absolute Gasteiger partial charge is 0.130 e. The Morgan fingerprint density at radius 3 is 2.78 bits per heavy atom. The summed E-state index contributed by atoms with van der Waals surface area (Å²) in [5.74, 6) is 0.780. The fourth-order valence-electron chi connectivity index (χ4n) is 2.27. The Morgan fingerprint density at radius 2 is 2.11 bits per heavy atom. The van der Waals surface area contributed by atoms with Gasteiger partial charge >= 0.3 is 0 Å². The summed E-state index contributed by atoms with van der Waals surface area (Å²) in [6, 6.07) is 5.78. The van der Waals surface area contributed by atoms with Crippen molar-refractivity contribution in [3.05, 3.63) is 29.3 Å². The Balaban J connectivity index is 1.93. The van der Waals surface area contributed by atoms with Crippen LogP contribution in [0.5, 0.6) is 5.75 Å². The predicted molar refractivity (Wildman–Crippen MR) is 73.4 cm³/mol. The number of nitrogen functional groups attached to an aromatic ring is 1. The molecule has 0 bridgehead atoms. The van der Waals surface area contributed by atoms with E-state index in [1.807, 2.05) is 25.1 Å². The minimum atomic E-state index is 0.0647. The molecule has 0 atom stereocenters. The second-order valence-electron chi connectivity index (χ2n) is 4.81. The Kier molecular flexibility index (Phi) is 4.20. The molecule has 4 heteroatoms. The van der Waals surface area contributed by atoms with Crippen LogP contribution < -0.4 is 10.5 Å². The molecule has 1 heterocycles. The van der Waals surface area contributed by atoms with Crippen LogP contribution in [0.4, 0.5) is 0 Å². The molecule has 1 aliphatic rings. The highest BCUT2D eigenvalue weighted by Gasteiger charge is 2.12. The lowest BCUT2D eigenvalue weighted by molar-refractivity contribution is 0.237. The number of benzene rings is 1. The highest BCUT2D eigenvalue weighted by Crippen LogP contribution is 2.19. The number of nitrogens with zero attached hydrogens (tertiary/aromatic N) is 1. The van der Waals surface area contributed by atoms with Crippen molar-refractivity contribution in [1.29, 1.82) is 5.41 Å². The van der Waals surface area contributed by atoms with E-state index in [0.29, 0.717) is 17.9 Å². The molecule has 3 N–H and O–H groups in total. The average Bonchev–Trinajstić information content (AvgIpc) is 2.84. The summed E-state index contributed by atoms with van der Waals surface area (Å²) in [6.45, 7) is 5.95. The zero-order valence-corrected chi connectivity index (χ0v) is 10.9. The summed E-state index contributed by atoms with van der Waals surface area (Å²) in [5, 5.41) is 7.56. The Morgan fingerprint density at radius 1 is 1.39 bits per heavy atom. The van der Waals surface area contributed by atoms with Gasteiger partial charge in [0.05, 0.1) is 5.56 Å². The first-order valence-electron chi connectivity index (χ1n) is 6.47. The maximum Gasteiger partial charge on any atom is 0.130 e. The number of rotatable bonds is 5. The van der Waals surface area contributed by atoms with E-state index in [1.54, 1.807) is 0 Å². The van der Waals surface area contributed by atoms with E-state index in [2.05, 4.69) is 4.90 Å². The highest BCUT2D eigenvalue weighted by atomic mass is 16.5. The van der Waals surface area contributed by atoms with E-state index >= 15 is 0 Å². The summed E-state index contributed by atoms with van der Waals surface area (Å²) in [4.78, 5) is 2.40. The van der Waals surface area contributed by atoms with Gasteiger partial charge in [-0.05, 0) is 45.0 Å². The lowest BCUT2D eigenvalue weighted by Gasteiger charge is -2.16. The first-order valence-corrected chi connectivity index (χ1v) is 6.47. The summed E-state index contributed by atoms with van der Waals surface area (Å²) in [5.41, 5.74) is 7.35. The van der Waals surface area contributed by atoms with Gasteiger partial charge in [-0.25, -0.2) is 0 Å². The van der Waals surface area contributed by atoms with Gasteiger partial charge < -0.3 is 10.5 Å². The molecule has 0 saturated carbocycles. The molecular weight excluding hydrogens is 226 g/mol. The molecule has 1 aromatic carbocycles. The molecule has 4 nitrogen and oxygen atoms in total. The molecule has 0 radical (unpaired) electrons. The van der Waals surface area contributed by atoms with Gasteiger partial charge in [-0.1, -0.05) is 11.6 Å². The van der Waals surface area contributed by atoms with Crippen molar-refractivity contribution in [1.82, 2.24) is 4.90 Å². The van der Waals surface area contributed by atoms with Crippen LogP contribution in [0.3, 0.4) is 0 Å². The minimum absolute atomic E-state index is 0.0647. The van der Waals surface area contributed by atoms with Crippen molar-refractivity contribution >= 4 is 5.84 Å². The van der Waals surface area contributed by atoms with Crippen molar-refractivity contribution in [2.75, 3.05) is 26.2 Å². The van der Waals surface area contributed by atoms with Gasteiger partial charge in [-0.2, -0.15) is 0 Å². The molecule has 1 aromatic rings. The van der Waals surface area contributed by atoms with Crippen LogP contribution in [0.25, 0.3) is 0 Å². The maximum absolute atomic E-state index is 7.56. The third-order valence-corrected chi connectivity index (χ3v) is 3.29. The fraction of sp³-hybridized carbons (Fsp3) is 0.500. The van der Waals surface area contributed by atoms with E-state index < -0.39 is 0 Å². The number of hydrogen-bond acceptors (Lipinski definition) is 3. The quantitative estimate of drug-likeness (QED) is 0.615. The van der Waals surface area contributed by atoms with E-state index in [0.717, 1.165) is 12.1 Å². The SMILES string of the molecule is Cc1ccc(OCCN2CCCC2)c(C(=N)N)c1. The predicted octanol–water partition coefficient (Wildman–Crippen LogP) is 1.75. The van der Waals surface area contributed by atoms with Crippen molar-refractivity contribution in [3.63, 3.8) is 0 Å². The normalized spacial score (nSPS) is 15.8. The maximum atomic E-state index is 7.56. The molecular formula is C14H21N3O. The van der Waals surface area contributed by atoms with Gasteiger partial charge in [0.15, 0.2) is 0 Å². The largest absolute Gasteiger partial charge is 0.491 e. The Hall–Kier alpha value is -1.55. The van der Waals surface area contributed by atoms with E-state index in [-0.39, 0.29) is 5.84 Å². The van der Waals surface area contributed by atoms with Gasteiger partial charge in [0.1, 0.15) is 18.2 Å². The molecule has 1 aliphatic heterocycles. The molecule has 0 amide bonds. The number of hydrogen-bond donors (Lipinski definition) is 2. The third-order valence-electron chi connectivity index (χ3n) is 3.29. The molecule has 98 valence electrons. The highest BCUT2D eigenvalue weighted by molar-refractivity contribution is 5.97. The van der Waals surface area contributed by atoms with Crippen molar-refractivity contribution in [3.8, 4) is 5.75 Å². The Bertz CT molecular complexity index is 425. The first-order chi connectivity index (χ1) is 8.66. The van der Waals surface area contributed by atoms with E-state index in [4.69, 9.17) is 15.9 Å². The first kappa shape index (κ1) is 12.9. The standard InChI is InChI=1S/C14H21N3O/c1-11-4-5-13(12(10-11)14(15)16)18-9-8-17-6-2-3-7-17/h4-5,10H,2-3,6-9H2,1H3,(H3,15,16). The van der Waals surface area contributed by atoms with Gasteiger partial charge in [-0.15, -0.1) is 0 Å². The molecule has 0 spiro atoms. The lowest BCUT2D eigenvalue weighted by Crippen LogP contribution is -2.25. The van der Waals surface area contributed by atoms with Crippen LogP contribution in [-0.2, 0) is 0 Å². The van der Waals surface area contributed by atoms with E-state index in [9.17, 15) is 0 Å². The number of nitrogens with two attached hydrogens (primary N) is 1. The van der Waals surface area contributed by atoms with Crippen LogP contribution in [0.2, 0.25) is 0 Å². The van der Waals surface area contributed by atoms with Gasteiger partial charge in [0.25, 0.3) is 0 Å². The monoisotopic (exact) mass is 247 g/mol. The molecule has 2 rings (SSSR count). The molecule has 0 unspecified atom stereocenters. The lowest BCUT2D eigenvalue weighted by atomic mass is 10.1. The molecule has 18 heavy (non-hydrogen) atoms. The van der Waals surface area contributed by atoms with Crippen LogP contribution in [-0.4, -0.2) is 37.0 Å². The zero-order chi connectivity index (χ0) is 13.0. The van der Waals surface area contributed by atoms with Crippen LogP contribution in [0.1, 0.15) is 24.0 Å². The number of nitrogens with one attached hydrogen (secondary N) is 1. The number of likely N-dealkylation sites (tertiary alicyclic amines) is 1. The fourth-order valence-corrected chi connectivity index (χ4v) is 2.27. The molecule has 0 aromatic heterocycles. The third kappa shape index (κ3) is 3.23. The topological polar surface area (TPSA) is 62.3 Å². The molecule has 1 saturated heterocycles. The number of aryl methyl sites for hydroxylation is 1. The van der Waals surface area contributed by atoms with Gasteiger partial charge in [0, 0.05) is 6.54 Å². The molecule has 1 fully saturated rings. The van der Waals surface area contributed by atoms with E-state index in [1.165, 1.54) is 25.9 Å². The van der Waals surface area contributed by atoms with Crippen LogP contribution >= 0.6 is 0 Å². The van der Waals surface area contributed by atoms with Crippen LogP contribution in [0, 0.1) is 12.3 Å². The molecule has 0 aliphatic carbocycles. The summed E-state index contributed by atoms with van der Waals surface area (Å²) in [6.07, 6.45) is 2.59. The summed E-state index contributed by atoms with van der Waals surface area (Å²) >= 11 is 0. The van der Waals surface area contributed by atoms with Crippen molar-refractivity contribution < 1.29 is 4.74 Å². The van der Waals surface area contributed by atoms with Crippen LogP contribution in [0.15, 0.2) is 18.2 Å². The second-order valence-corrected chi connectivity index (χ2v) is 4.81. The van der Waals surface area contributed by atoms with Crippen molar-refractivity contribution in [2.24, 2.45) is 5.73 Å². The number of amidine groups is 1. The van der Waals surface area contributed by atoms with Crippen molar-refractivity contribution in [2.45, 2.75) is 19.8 Å². The number of ether oxygens (including phenoxy) is 1. The Labute approximate surface area is 108 Å². The zero-order valence-electron chi connectivity index (χ0n) is 10.9. The second kappa shape index (κ2) is 5.87. The minimum Gasteiger partial charge on any atom is -0.491 e. The summed E-state index contributed by atoms with van der Waals surface area (Å²) in [7, 11) is 0.